The average molecular weight is 570 g/mol. The third kappa shape index (κ3) is 7.32. The quantitative estimate of drug-likeness (QED) is 0.287. The van der Waals surface area contributed by atoms with E-state index in [9.17, 15) is 14.7 Å². The largest absolute Gasteiger partial charge is 0.394 e. The second kappa shape index (κ2) is 13.6. The molecule has 0 unspecified atom stereocenters. The van der Waals surface area contributed by atoms with Gasteiger partial charge in [0.15, 0.2) is 0 Å². The highest BCUT2D eigenvalue weighted by Crippen LogP contribution is 2.34. The van der Waals surface area contributed by atoms with Crippen LogP contribution < -0.4 is 16.4 Å². The molecule has 1 atom stereocenters. The fourth-order valence-corrected chi connectivity index (χ4v) is 5.09. The molecule has 1 aliphatic rings. The van der Waals surface area contributed by atoms with E-state index < -0.39 is 17.8 Å². The van der Waals surface area contributed by atoms with Gasteiger partial charge < -0.3 is 26.2 Å². The summed E-state index contributed by atoms with van der Waals surface area (Å²) in [6, 6.07) is 10.2. The minimum absolute atomic E-state index is 0.0182. The number of ether oxygens (including phenoxy) is 1. The molecule has 5 N–H and O–H groups in total. The first-order valence-electron chi connectivity index (χ1n) is 13.2. The standard InChI is InChI=1S/C29H33ClFN5O4/c1-40-12-11-26(38)34-21-8-5-17(6-9-21)24-15-33-28(32)27(35-24)19-7-10-22(23(31)14-19)29(39)36-25(16-37)18-3-2-4-20(30)13-18/h2-4,7,10,13-15,17,21,25,37H,5-6,8-9,11-12,16H2,1H3,(H2,32,33)(H,34,38)(H,36,39)/t17-,21-,25-/m1/s1. The number of nitrogen functional groups attached to an aromatic ring is 1. The Morgan fingerprint density at radius 3 is 2.65 bits per heavy atom. The number of nitrogens with two attached hydrogens (primary N) is 1. The lowest BCUT2D eigenvalue weighted by Crippen LogP contribution is -2.37. The molecule has 4 rings (SSSR count). The smallest absolute Gasteiger partial charge is 0.254 e. The number of halogens is 2. The van der Waals surface area contributed by atoms with E-state index in [2.05, 4.69) is 15.6 Å². The lowest BCUT2D eigenvalue weighted by Gasteiger charge is -2.29. The number of anilines is 1. The van der Waals surface area contributed by atoms with E-state index in [1.807, 2.05) is 0 Å². The van der Waals surface area contributed by atoms with Crippen molar-refractivity contribution >= 4 is 29.2 Å². The van der Waals surface area contributed by atoms with Crippen molar-refractivity contribution in [2.24, 2.45) is 0 Å². The summed E-state index contributed by atoms with van der Waals surface area (Å²) >= 11 is 6.02. The molecule has 0 aliphatic heterocycles. The molecule has 2 amide bonds. The molecular formula is C29H33ClFN5O4. The number of methoxy groups -OCH3 is 1. The highest BCUT2D eigenvalue weighted by atomic mass is 35.5. The highest BCUT2D eigenvalue weighted by molar-refractivity contribution is 6.30. The third-order valence-corrected chi connectivity index (χ3v) is 7.32. The first kappa shape index (κ1) is 29.4. The molecule has 3 aromatic rings. The molecule has 1 aliphatic carbocycles. The van der Waals surface area contributed by atoms with E-state index >= 15 is 4.39 Å². The normalized spacial score (nSPS) is 17.7. The summed E-state index contributed by atoms with van der Waals surface area (Å²) < 4.78 is 20.1. The molecule has 1 aromatic heterocycles. The molecular weight excluding hydrogens is 537 g/mol. The van der Waals surface area contributed by atoms with Gasteiger partial charge in [-0.25, -0.2) is 14.4 Å². The lowest BCUT2D eigenvalue weighted by atomic mass is 9.84. The predicted molar refractivity (Wildman–Crippen MR) is 150 cm³/mol. The van der Waals surface area contributed by atoms with Crippen LogP contribution in [0.25, 0.3) is 11.3 Å². The van der Waals surface area contributed by atoms with Crippen molar-refractivity contribution in [2.45, 2.75) is 50.1 Å². The molecule has 2 aromatic carbocycles. The maximum atomic E-state index is 15.1. The fraction of sp³-hybridized carbons (Fsp3) is 0.379. The van der Waals surface area contributed by atoms with Crippen LogP contribution in [0, 0.1) is 5.82 Å². The summed E-state index contributed by atoms with van der Waals surface area (Å²) in [4.78, 5) is 33.8. The van der Waals surface area contributed by atoms with Crippen LogP contribution in [-0.4, -0.2) is 53.3 Å². The molecule has 0 radical (unpaired) electrons. The van der Waals surface area contributed by atoms with Gasteiger partial charge in [0.2, 0.25) is 5.91 Å². The summed E-state index contributed by atoms with van der Waals surface area (Å²) in [6.45, 7) is 0.0101. The highest BCUT2D eigenvalue weighted by Gasteiger charge is 2.26. The molecule has 1 heterocycles. The number of hydrogen-bond donors (Lipinski definition) is 4. The Morgan fingerprint density at radius 2 is 1.98 bits per heavy atom. The van der Waals surface area contributed by atoms with Gasteiger partial charge >= 0.3 is 0 Å². The second-order valence-corrected chi connectivity index (χ2v) is 10.3. The van der Waals surface area contributed by atoms with E-state index in [0.717, 1.165) is 31.4 Å². The maximum absolute atomic E-state index is 15.1. The topological polar surface area (TPSA) is 139 Å². The Balaban J connectivity index is 1.44. The van der Waals surface area contributed by atoms with E-state index in [-0.39, 0.29) is 35.9 Å². The summed E-state index contributed by atoms with van der Waals surface area (Å²) in [5, 5.41) is 15.9. The number of aliphatic hydroxyl groups excluding tert-OH is 1. The van der Waals surface area contributed by atoms with Gasteiger partial charge in [-0.05, 0) is 55.5 Å². The van der Waals surface area contributed by atoms with Crippen molar-refractivity contribution in [2.75, 3.05) is 26.1 Å². The van der Waals surface area contributed by atoms with Gasteiger partial charge in [-0.1, -0.05) is 29.8 Å². The number of carbonyl (C=O) groups excluding carboxylic acids is 2. The Labute approximate surface area is 237 Å². The number of benzene rings is 2. The van der Waals surface area contributed by atoms with E-state index in [0.29, 0.717) is 34.9 Å². The molecule has 1 saturated carbocycles. The van der Waals surface area contributed by atoms with Crippen LogP contribution in [0.15, 0.2) is 48.7 Å². The van der Waals surface area contributed by atoms with E-state index in [1.165, 1.54) is 12.1 Å². The van der Waals surface area contributed by atoms with Crippen LogP contribution >= 0.6 is 11.6 Å². The maximum Gasteiger partial charge on any atom is 0.254 e. The summed E-state index contributed by atoms with van der Waals surface area (Å²) in [7, 11) is 1.57. The number of hydrogen-bond acceptors (Lipinski definition) is 7. The van der Waals surface area contributed by atoms with Crippen LogP contribution in [0.2, 0.25) is 5.02 Å². The minimum atomic E-state index is -0.755. The fourth-order valence-electron chi connectivity index (χ4n) is 4.89. The van der Waals surface area contributed by atoms with E-state index in [4.69, 9.17) is 27.1 Å². The van der Waals surface area contributed by atoms with Gasteiger partial charge in [0.25, 0.3) is 5.91 Å². The van der Waals surface area contributed by atoms with Gasteiger partial charge in [-0.2, -0.15) is 0 Å². The van der Waals surface area contributed by atoms with Crippen molar-refractivity contribution in [3.8, 4) is 11.3 Å². The summed E-state index contributed by atoms with van der Waals surface area (Å²) in [6.07, 6.45) is 5.24. The Kier molecular flexibility index (Phi) is 10.0. The molecule has 1 fully saturated rings. The number of amides is 2. The zero-order valence-corrected chi connectivity index (χ0v) is 23.0. The number of carbonyl (C=O) groups is 2. The SMILES string of the molecule is COCCC(=O)N[C@H]1CC[C@H](c2cnc(N)c(-c3ccc(C(=O)N[C@H](CO)c4cccc(Cl)c4)c(F)c3)n2)CC1. The lowest BCUT2D eigenvalue weighted by molar-refractivity contribution is -0.122. The summed E-state index contributed by atoms with van der Waals surface area (Å²) in [5.74, 6) is -1.16. The molecule has 9 nitrogen and oxygen atoms in total. The Bertz CT molecular complexity index is 1350. The molecule has 11 heteroatoms. The predicted octanol–water partition coefficient (Wildman–Crippen LogP) is 4.16. The number of rotatable bonds is 10. The van der Waals surface area contributed by atoms with Gasteiger partial charge in [0, 0.05) is 36.1 Å². The minimum Gasteiger partial charge on any atom is -0.394 e. The van der Waals surface area contributed by atoms with E-state index in [1.54, 1.807) is 43.6 Å². The molecule has 40 heavy (non-hydrogen) atoms. The zero-order valence-electron chi connectivity index (χ0n) is 22.2. The van der Waals surface area contributed by atoms with Crippen LogP contribution in [0.3, 0.4) is 0 Å². The second-order valence-electron chi connectivity index (χ2n) is 9.85. The van der Waals surface area contributed by atoms with Crippen LogP contribution in [0.1, 0.15) is 65.7 Å². The molecule has 0 saturated heterocycles. The number of nitrogens with zero attached hydrogens (tertiary/aromatic N) is 2. The van der Waals surface area contributed by atoms with Crippen LogP contribution in [0.5, 0.6) is 0 Å². The van der Waals surface area contributed by atoms with Gasteiger partial charge in [0.1, 0.15) is 17.3 Å². The first-order chi connectivity index (χ1) is 19.3. The van der Waals surface area contributed by atoms with Gasteiger partial charge in [0.05, 0.1) is 36.7 Å². The number of aliphatic hydroxyl groups is 1. The van der Waals surface area contributed by atoms with Crippen molar-refractivity contribution in [1.82, 2.24) is 20.6 Å². The van der Waals surface area contributed by atoms with Crippen LogP contribution in [0.4, 0.5) is 10.2 Å². The van der Waals surface area contributed by atoms with Gasteiger partial charge in [-0.15, -0.1) is 0 Å². The van der Waals surface area contributed by atoms with Gasteiger partial charge in [-0.3, -0.25) is 9.59 Å². The Morgan fingerprint density at radius 1 is 1.20 bits per heavy atom. The van der Waals surface area contributed by atoms with Crippen molar-refractivity contribution in [1.29, 1.82) is 0 Å². The first-order valence-corrected chi connectivity index (χ1v) is 13.5. The molecule has 0 bridgehead atoms. The van der Waals surface area contributed by atoms with Crippen LogP contribution in [-0.2, 0) is 9.53 Å². The van der Waals surface area contributed by atoms with Crippen molar-refractivity contribution in [3.63, 3.8) is 0 Å². The number of nitrogens with one attached hydrogen (secondary N) is 2. The summed E-state index contributed by atoms with van der Waals surface area (Å²) in [5.41, 5.74) is 8.01. The third-order valence-electron chi connectivity index (χ3n) is 7.09. The van der Waals surface area contributed by atoms with Crippen molar-refractivity contribution < 1.29 is 23.8 Å². The molecule has 0 spiro atoms. The zero-order chi connectivity index (χ0) is 28.6. The number of aromatic nitrogens is 2. The molecule has 212 valence electrons. The van der Waals surface area contributed by atoms with Crippen molar-refractivity contribution in [3.05, 3.63) is 76.3 Å². The Hall–Kier alpha value is -3.60. The monoisotopic (exact) mass is 569 g/mol. The average Bonchev–Trinajstić information content (AvgIpc) is 2.95.